The van der Waals surface area contributed by atoms with Gasteiger partial charge < -0.3 is 19.6 Å². The van der Waals surface area contributed by atoms with Gasteiger partial charge in [-0.1, -0.05) is 6.07 Å². The lowest BCUT2D eigenvalue weighted by Gasteiger charge is -2.16. The number of fused-ring (bicyclic) bond motifs is 2. The lowest BCUT2D eigenvalue weighted by Crippen LogP contribution is -2.07. The summed E-state index contributed by atoms with van der Waals surface area (Å²) in [6, 6.07) is 11.3. The van der Waals surface area contributed by atoms with Gasteiger partial charge >= 0.3 is 0 Å². The summed E-state index contributed by atoms with van der Waals surface area (Å²) in [7, 11) is 3.28. The average Bonchev–Trinajstić information content (AvgIpc) is 3.02. The van der Waals surface area contributed by atoms with Crippen LogP contribution in [-0.4, -0.2) is 29.3 Å². The highest BCUT2D eigenvalue weighted by atomic mass is 16.5. The predicted octanol–water partition coefficient (Wildman–Crippen LogP) is 3.29. The average molecular weight is 322 g/mol. The molecule has 122 valence electrons. The minimum atomic E-state index is 0.182. The molecule has 0 spiro atoms. The smallest absolute Gasteiger partial charge is 0.141 e. The molecule has 24 heavy (non-hydrogen) atoms. The van der Waals surface area contributed by atoms with E-state index in [1.807, 2.05) is 6.07 Å². The zero-order valence-corrected chi connectivity index (χ0v) is 13.6. The van der Waals surface area contributed by atoms with Gasteiger partial charge in [-0.2, -0.15) is 0 Å². The molecule has 1 aromatic heterocycles. The number of aromatic amines is 1. The van der Waals surface area contributed by atoms with E-state index in [2.05, 4.69) is 17.1 Å². The summed E-state index contributed by atoms with van der Waals surface area (Å²) in [5.41, 5.74) is 5.24. The SMILES string of the molecule is COc1ccc2c(c1)Cc1[nH]c(-c3cc(OC)ccc3O)nc1C2. The number of hydrogen-bond acceptors (Lipinski definition) is 4. The van der Waals surface area contributed by atoms with Crippen molar-refractivity contribution in [2.75, 3.05) is 14.2 Å². The largest absolute Gasteiger partial charge is 0.507 e. The number of hydrogen-bond donors (Lipinski definition) is 2. The minimum Gasteiger partial charge on any atom is -0.507 e. The summed E-state index contributed by atoms with van der Waals surface area (Å²) in [4.78, 5) is 8.05. The molecule has 0 fully saturated rings. The first-order valence-electron chi connectivity index (χ1n) is 7.79. The molecule has 1 aliphatic carbocycles. The van der Waals surface area contributed by atoms with Gasteiger partial charge in [0.1, 0.15) is 23.1 Å². The maximum absolute atomic E-state index is 10.2. The Labute approximate surface area is 139 Å². The maximum atomic E-state index is 10.2. The van der Waals surface area contributed by atoms with Crippen molar-refractivity contribution in [3.8, 4) is 28.6 Å². The zero-order valence-electron chi connectivity index (χ0n) is 13.6. The number of phenols is 1. The van der Waals surface area contributed by atoms with Crippen LogP contribution in [0, 0.1) is 0 Å². The van der Waals surface area contributed by atoms with Crippen molar-refractivity contribution in [2.24, 2.45) is 0 Å². The number of methoxy groups -OCH3 is 2. The number of aromatic nitrogens is 2. The van der Waals surface area contributed by atoms with E-state index in [0.29, 0.717) is 17.1 Å². The molecule has 2 N–H and O–H groups in total. The number of rotatable bonds is 3. The lowest BCUT2D eigenvalue weighted by molar-refractivity contribution is 0.412. The Morgan fingerprint density at radius 3 is 2.50 bits per heavy atom. The minimum absolute atomic E-state index is 0.182. The molecular weight excluding hydrogens is 304 g/mol. The standard InChI is InChI=1S/C19H18N2O3/c1-23-13-4-3-11-8-16-17(9-12(11)7-13)21-19(20-16)15-10-14(24-2)5-6-18(15)22/h3-7,10,22H,8-9H2,1-2H3,(H,20,21). The van der Waals surface area contributed by atoms with Crippen molar-refractivity contribution in [3.63, 3.8) is 0 Å². The second-order valence-corrected chi connectivity index (χ2v) is 5.88. The van der Waals surface area contributed by atoms with Crippen molar-refractivity contribution in [1.82, 2.24) is 9.97 Å². The fourth-order valence-electron chi connectivity index (χ4n) is 3.13. The number of phenolic OH excluding ortho intramolecular Hbond substituents is 1. The molecule has 3 aromatic rings. The third kappa shape index (κ3) is 2.38. The van der Waals surface area contributed by atoms with Gasteiger partial charge in [0.2, 0.25) is 0 Å². The van der Waals surface area contributed by atoms with Crippen molar-refractivity contribution < 1.29 is 14.6 Å². The second-order valence-electron chi connectivity index (χ2n) is 5.88. The van der Waals surface area contributed by atoms with E-state index in [1.54, 1.807) is 32.4 Å². The van der Waals surface area contributed by atoms with Crippen LogP contribution in [0.2, 0.25) is 0 Å². The molecule has 0 aliphatic heterocycles. The van der Waals surface area contributed by atoms with Gasteiger partial charge in [0, 0.05) is 18.5 Å². The molecule has 1 heterocycles. The Bertz CT molecular complexity index is 915. The van der Waals surface area contributed by atoms with Crippen molar-refractivity contribution in [1.29, 1.82) is 0 Å². The van der Waals surface area contributed by atoms with Crippen LogP contribution in [0.4, 0.5) is 0 Å². The van der Waals surface area contributed by atoms with E-state index < -0.39 is 0 Å². The number of nitrogens with zero attached hydrogens (tertiary/aromatic N) is 1. The van der Waals surface area contributed by atoms with Gasteiger partial charge in [0.05, 0.1) is 25.5 Å². The third-order valence-corrected chi connectivity index (χ3v) is 4.46. The van der Waals surface area contributed by atoms with E-state index in [-0.39, 0.29) is 5.75 Å². The van der Waals surface area contributed by atoms with Crippen molar-refractivity contribution in [3.05, 3.63) is 58.9 Å². The first-order chi connectivity index (χ1) is 11.7. The maximum Gasteiger partial charge on any atom is 0.141 e. The molecule has 0 atom stereocenters. The molecule has 5 nitrogen and oxygen atoms in total. The third-order valence-electron chi connectivity index (χ3n) is 4.46. The molecule has 4 rings (SSSR count). The summed E-state index contributed by atoms with van der Waals surface area (Å²) < 4.78 is 10.6. The van der Waals surface area contributed by atoms with Crippen LogP contribution in [0.5, 0.6) is 17.2 Å². The van der Waals surface area contributed by atoms with Crippen LogP contribution in [0.15, 0.2) is 36.4 Å². The topological polar surface area (TPSA) is 67.4 Å². The van der Waals surface area contributed by atoms with Gasteiger partial charge in [-0.05, 0) is 41.5 Å². The lowest BCUT2D eigenvalue weighted by atomic mass is 9.92. The number of imidazole rings is 1. The van der Waals surface area contributed by atoms with Gasteiger partial charge in [-0.3, -0.25) is 0 Å². The summed E-state index contributed by atoms with van der Waals surface area (Å²) in [6.07, 6.45) is 1.55. The number of H-pyrrole nitrogens is 1. The molecule has 1 aliphatic rings. The quantitative estimate of drug-likeness (QED) is 0.607. The van der Waals surface area contributed by atoms with Crippen LogP contribution >= 0.6 is 0 Å². The highest BCUT2D eigenvalue weighted by Gasteiger charge is 2.21. The summed E-state index contributed by atoms with van der Waals surface area (Å²) >= 11 is 0. The summed E-state index contributed by atoms with van der Waals surface area (Å²) in [5.74, 6) is 2.39. The number of ether oxygens (including phenoxy) is 2. The molecule has 0 amide bonds. The van der Waals surface area contributed by atoms with Gasteiger partial charge in [0.25, 0.3) is 0 Å². The Kier molecular flexibility index (Phi) is 3.41. The highest BCUT2D eigenvalue weighted by molar-refractivity contribution is 5.67. The number of benzene rings is 2. The molecule has 0 saturated heterocycles. The Hall–Kier alpha value is -2.95. The first kappa shape index (κ1) is 14.6. The predicted molar refractivity (Wildman–Crippen MR) is 90.8 cm³/mol. The molecule has 0 bridgehead atoms. The summed E-state index contributed by atoms with van der Waals surface area (Å²) in [5, 5.41) is 10.2. The molecule has 5 heteroatoms. The van der Waals surface area contributed by atoms with Crippen molar-refractivity contribution in [2.45, 2.75) is 12.8 Å². The van der Waals surface area contributed by atoms with E-state index in [9.17, 15) is 5.11 Å². The number of nitrogens with one attached hydrogen (secondary N) is 1. The summed E-state index contributed by atoms with van der Waals surface area (Å²) in [6.45, 7) is 0. The molecule has 0 radical (unpaired) electrons. The fourth-order valence-corrected chi connectivity index (χ4v) is 3.13. The fraction of sp³-hybridized carbons (Fsp3) is 0.211. The van der Waals surface area contributed by atoms with E-state index in [0.717, 1.165) is 30.0 Å². The molecule has 2 aromatic carbocycles. The van der Waals surface area contributed by atoms with Crippen LogP contribution in [0.25, 0.3) is 11.4 Å². The Morgan fingerprint density at radius 2 is 1.71 bits per heavy atom. The molecule has 0 saturated carbocycles. The molecule has 0 unspecified atom stereocenters. The van der Waals surface area contributed by atoms with Crippen LogP contribution in [0.3, 0.4) is 0 Å². The van der Waals surface area contributed by atoms with Crippen molar-refractivity contribution >= 4 is 0 Å². The zero-order chi connectivity index (χ0) is 16.7. The van der Waals surface area contributed by atoms with Gasteiger partial charge in [-0.25, -0.2) is 4.98 Å². The molecular formula is C19H18N2O3. The Morgan fingerprint density at radius 1 is 0.958 bits per heavy atom. The van der Waals surface area contributed by atoms with Gasteiger partial charge in [0.15, 0.2) is 0 Å². The highest BCUT2D eigenvalue weighted by Crippen LogP contribution is 2.34. The van der Waals surface area contributed by atoms with Gasteiger partial charge in [-0.15, -0.1) is 0 Å². The van der Waals surface area contributed by atoms with E-state index >= 15 is 0 Å². The van der Waals surface area contributed by atoms with E-state index in [4.69, 9.17) is 14.5 Å². The number of aromatic hydroxyl groups is 1. The first-order valence-corrected chi connectivity index (χ1v) is 7.79. The normalized spacial score (nSPS) is 12.4. The Balaban J connectivity index is 1.73. The second kappa shape index (κ2) is 5.60. The monoisotopic (exact) mass is 322 g/mol. The van der Waals surface area contributed by atoms with Crippen LogP contribution < -0.4 is 9.47 Å². The van der Waals surface area contributed by atoms with Crippen LogP contribution in [0.1, 0.15) is 22.5 Å². The van der Waals surface area contributed by atoms with Crippen LogP contribution in [-0.2, 0) is 12.8 Å². The van der Waals surface area contributed by atoms with E-state index in [1.165, 1.54) is 11.1 Å².